The summed E-state index contributed by atoms with van der Waals surface area (Å²) in [6.07, 6.45) is 0.0762. The molecule has 1 aromatic rings. The SMILES string of the molecule is CC(C)[C@@H]1C(=O)C(C(N)=O)C(=O)[C@@]2(O)C(=O)C3C(=O)c4c(O)c(F)cc(N(C)C)c4C[C@H]3C[C@@H]12. The fourth-order valence-electron chi connectivity index (χ4n) is 6.27. The summed E-state index contributed by atoms with van der Waals surface area (Å²) in [6, 6.07) is 1.10. The van der Waals surface area contributed by atoms with Gasteiger partial charge in [-0.2, -0.15) is 0 Å². The van der Waals surface area contributed by atoms with Crippen LogP contribution in [0.15, 0.2) is 6.07 Å². The average molecular weight is 474 g/mol. The molecule has 2 fully saturated rings. The first-order chi connectivity index (χ1) is 15.7. The third kappa shape index (κ3) is 2.97. The second-order valence-corrected chi connectivity index (χ2v) is 10.1. The van der Waals surface area contributed by atoms with E-state index in [4.69, 9.17) is 5.73 Å². The zero-order valence-electron chi connectivity index (χ0n) is 19.3. The number of Topliss-reactive ketones (excluding diaryl/α,β-unsaturated/α-hetero) is 4. The van der Waals surface area contributed by atoms with Gasteiger partial charge in [0, 0.05) is 37.7 Å². The number of nitrogens with zero attached hydrogens (tertiary/aromatic N) is 1. The maximum atomic E-state index is 14.4. The second-order valence-electron chi connectivity index (χ2n) is 10.1. The van der Waals surface area contributed by atoms with Gasteiger partial charge in [-0.15, -0.1) is 0 Å². The summed E-state index contributed by atoms with van der Waals surface area (Å²) in [5.74, 6) is -14.1. The van der Waals surface area contributed by atoms with E-state index in [1.165, 1.54) is 0 Å². The van der Waals surface area contributed by atoms with Gasteiger partial charge in [-0.05, 0) is 30.2 Å². The number of anilines is 1. The monoisotopic (exact) mass is 474 g/mol. The van der Waals surface area contributed by atoms with E-state index in [1.54, 1.807) is 32.8 Å². The summed E-state index contributed by atoms with van der Waals surface area (Å²) >= 11 is 0. The number of carbonyl (C=O) groups is 5. The zero-order chi connectivity index (χ0) is 25.4. The van der Waals surface area contributed by atoms with E-state index in [2.05, 4.69) is 0 Å². The largest absolute Gasteiger partial charge is 0.504 e. The van der Waals surface area contributed by atoms with Crippen molar-refractivity contribution < 1.29 is 38.6 Å². The number of aliphatic hydroxyl groups is 1. The fourth-order valence-corrected chi connectivity index (χ4v) is 6.27. The molecule has 0 bridgehead atoms. The molecule has 182 valence electrons. The van der Waals surface area contributed by atoms with Crippen molar-refractivity contribution in [2.75, 3.05) is 19.0 Å². The molecule has 0 heterocycles. The number of rotatable bonds is 3. The van der Waals surface area contributed by atoms with E-state index in [-0.39, 0.29) is 18.4 Å². The highest BCUT2D eigenvalue weighted by atomic mass is 19.1. The first kappa shape index (κ1) is 24.0. The number of fused-ring (bicyclic) bond motifs is 3. The van der Waals surface area contributed by atoms with E-state index < -0.39 is 81.7 Å². The molecule has 0 saturated heterocycles. The molecule has 3 aliphatic carbocycles. The molecule has 34 heavy (non-hydrogen) atoms. The van der Waals surface area contributed by atoms with Gasteiger partial charge in [-0.25, -0.2) is 4.39 Å². The van der Waals surface area contributed by atoms with Crippen molar-refractivity contribution in [3.63, 3.8) is 0 Å². The third-order valence-electron chi connectivity index (χ3n) is 7.72. The van der Waals surface area contributed by atoms with Gasteiger partial charge in [0.15, 0.2) is 46.2 Å². The molecule has 9 nitrogen and oxygen atoms in total. The van der Waals surface area contributed by atoms with Crippen molar-refractivity contribution in [3.8, 4) is 5.75 Å². The number of primary amides is 1. The summed E-state index contributed by atoms with van der Waals surface area (Å²) < 4.78 is 14.4. The number of nitrogens with two attached hydrogens (primary N) is 1. The normalized spacial score (nSPS) is 32.9. The molecule has 0 spiro atoms. The first-order valence-corrected chi connectivity index (χ1v) is 11.1. The molecular weight excluding hydrogens is 447 g/mol. The van der Waals surface area contributed by atoms with Gasteiger partial charge in [0.25, 0.3) is 0 Å². The van der Waals surface area contributed by atoms with Crippen molar-refractivity contribution in [2.24, 2.45) is 41.2 Å². The van der Waals surface area contributed by atoms with E-state index in [0.717, 1.165) is 6.07 Å². The molecule has 1 aromatic carbocycles. The topological polar surface area (TPSA) is 155 Å². The molecule has 4 rings (SSSR count). The predicted molar refractivity (Wildman–Crippen MR) is 116 cm³/mol. The highest BCUT2D eigenvalue weighted by Gasteiger charge is 2.69. The molecule has 0 aliphatic heterocycles. The highest BCUT2D eigenvalue weighted by Crippen LogP contribution is 2.53. The molecule has 10 heteroatoms. The van der Waals surface area contributed by atoms with Gasteiger partial charge in [0.2, 0.25) is 5.91 Å². The Bertz CT molecular complexity index is 1160. The number of hydrogen-bond acceptors (Lipinski definition) is 8. The molecule has 0 radical (unpaired) electrons. The number of halogens is 1. The van der Waals surface area contributed by atoms with E-state index in [9.17, 15) is 38.6 Å². The Morgan fingerprint density at radius 2 is 1.82 bits per heavy atom. The quantitative estimate of drug-likeness (QED) is 0.532. The van der Waals surface area contributed by atoms with Crippen LogP contribution in [0.2, 0.25) is 0 Å². The van der Waals surface area contributed by atoms with Crippen LogP contribution in [0.3, 0.4) is 0 Å². The van der Waals surface area contributed by atoms with Crippen LogP contribution in [0, 0.1) is 41.3 Å². The van der Waals surface area contributed by atoms with E-state index in [1.807, 2.05) is 0 Å². The van der Waals surface area contributed by atoms with Crippen molar-refractivity contribution in [1.82, 2.24) is 0 Å². The molecular formula is C24H27FN2O7. The van der Waals surface area contributed by atoms with Gasteiger partial charge >= 0.3 is 0 Å². The Kier molecular flexibility index (Phi) is 5.43. The Labute approximate surface area is 195 Å². The lowest BCUT2D eigenvalue weighted by Gasteiger charge is -2.52. The van der Waals surface area contributed by atoms with Crippen LogP contribution in [-0.4, -0.2) is 58.9 Å². The Morgan fingerprint density at radius 1 is 1.21 bits per heavy atom. The number of phenolic OH excluding ortho intramolecular Hbond substituents is 1. The van der Waals surface area contributed by atoms with Crippen LogP contribution in [0.25, 0.3) is 0 Å². The van der Waals surface area contributed by atoms with Crippen molar-refractivity contribution in [1.29, 1.82) is 0 Å². The van der Waals surface area contributed by atoms with Crippen molar-refractivity contribution >= 4 is 34.7 Å². The summed E-state index contributed by atoms with van der Waals surface area (Å²) in [5, 5.41) is 21.8. The zero-order valence-corrected chi connectivity index (χ0v) is 19.3. The summed E-state index contributed by atoms with van der Waals surface area (Å²) in [7, 11) is 3.29. The van der Waals surface area contributed by atoms with E-state index in [0.29, 0.717) is 11.3 Å². The highest BCUT2D eigenvalue weighted by molar-refractivity contribution is 6.32. The summed E-state index contributed by atoms with van der Waals surface area (Å²) in [4.78, 5) is 67.0. The van der Waals surface area contributed by atoms with Crippen LogP contribution in [-0.2, 0) is 25.6 Å². The number of benzene rings is 1. The number of ketones is 4. The van der Waals surface area contributed by atoms with Gasteiger partial charge in [0.1, 0.15) is 0 Å². The van der Waals surface area contributed by atoms with Gasteiger partial charge in [0.05, 0.1) is 11.5 Å². The van der Waals surface area contributed by atoms with Crippen LogP contribution < -0.4 is 10.6 Å². The number of aromatic hydroxyl groups is 1. The number of hydrogen-bond donors (Lipinski definition) is 3. The Hall–Kier alpha value is -3.14. The lowest BCUT2D eigenvalue weighted by atomic mass is 9.50. The van der Waals surface area contributed by atoms with Gasteiger partial charge in [-0.1, -0.05) is 13.8 Å². The molecule has 2 saturated carbocycles. The second kappa shape index (κ2) is 7.69. The minimum atomic E-state index is -2.76. The average Bonchev–Trinajstić information content (AvgIpc) is 2.72. The minimum absolute atomic E-state index is 0.0189. The Balaban J connectivity index is 1.91. The maximum Gasteiger partial charge on any atom is 0.235 e. The third-order valence-corrected chi connectivity index (χ3v) is 7.72. The van der Waals surface area contributed by atoms with Crippen LogP contribution in [0.4, 0.5) is 10.1 Å². The summed E-state index contributed by atoms with van der Waals surface area (Å²) in [5.41, 5.74) is 2.89. The number of amides is 1. The van der Waals surface area contributed by atoms with Crippen LogP contribution >= 0.6 is 0 Å². The molecule has 3 aliphatic rings. The minimum Gasteiger partial charge on any atom is -0.504 e. The Morgan fingerprint density at radius 3 is 2.35 bits per heavy atom. The molecule has 6 atom stereocenters. The lowest BCUT2D eigenvalue weighted by molar-refractivity contribution is -0.182. The molecule has 2 unspecified atom stereocenters. The van der Waals surface area contributed by atoms with Crippen LogP contribution in [0.5, 0.6) is 5.75 Å². The van der Waals surface area contributed by atoms with Crippen molar-refractivity contribution in [3.05, 3.63) is 23.0 Å². The smallest absolute Gasteiger partial charge is 0.235 e. The van der Waals surface area contributed by atoms with Gasteiger partial charge in [-0.3, -0.25) is 24.0 Å². The van der Waals surface area contributed by atoms with Crippen LogP contribution in [0.1, 0.15) is 36.2 Å². The molecule has 4 N–H and O–H groups in total. The molecule has 1 amide bonds. The number of carbonyl (C=O) groups excluding carboxylic acids is 5. The first-order valence-electron chi connectivity index (χ1n) is 11.1. The maximum absolute atomic E-state index is 14.4. The summed E-state index contributed by atoms with van der Waals surface area (Å²) in [6.45, 7) is 3.36. The van der Waals surface area contributed by atoms with Gasteiger partial charge < -0.3 is 20.8 Å². The standard InChI is InChI=1S/C24H27FN2O7/c1-8(2)14-11-6-9-5-10-13(27(3)4)7-12(25)18(28)16(10)20(30)15(9)21(31)24(11,34)22(32)17(19(14)29)23(26)33/h7-9,11,14-15,17,28,34H,5-6H2,1-4H3,(H2,26,33)/t9-,11-,14-,15?,17?,24-/m0/s1. The van der Waals surface area contributed by atoms with E-state index >= 15 is 0 Å². The number of phenols is 1. The lowest BCUT2D eigenvalue weighted by Crippen LogP contribution is -2.71. The predicted octanol–water partition coefficient (Wildman–Crippen LogP) is 0.414. The van der Waals surface area contributed by atoms with Crippen molar-refractivity contribution in [2.45, 2.75) is 32.3 Å². The molecule has 0 aromatic heterocycles. The fraction of sp³-hybridized carbons (Fsp3) is 0.542.